The highest BCUT2D eigenvalue weighted by molar-refractivity contribution is 5.87. The fourth-order valence-corrected chi connectivity index (χ4v) is 2.46. The summed E-state index contributed by atoms with van der Waals surface area (Å²) in [5.74, 6) is -0.0165. The minimum absolute atomic E-state index is 0.00254. The average Bonchev–Trinajstić information content (AvgIpc) is 2.76. The molecule has 3 amide bonds. The van der Waals surface area contributed by atoms with E-state index < -0.39 is 11.7 Å². The van der Waals surface area contributed by atoms with Gasteiger partial charge in [-0.2, -0.15) is 0 Å². The van der Waals surface area contributed by atoms with Crippen LogP contribution in [0, 0.1) is 0 Å². The lowest BCUT2D eigenvalue weighted by Gasteiger charge is -2.22. The van der Waals surface area contributed by atoms with E-state index in [0.717, 1.165) is 12.8 Å². The zero-order valence-electron chi connectivity index (χ0n) is 15.8. The van der Waals surface area contributed by atoms with Gasteiger partial charge in [-0.05, 0) is 39.7 Å². The van der Waals surface area contributed by atoms with Crippen LogP contribution in [0.5, 0.6) is 0 Å². The molecule has 142 valence electrons. The second-order valence-electron chi connectivity index (χ2n) is 7.05. The third-order valence-corrected chi connectivity index (χ3v) is 3.66. The van der Waals surface area contributed by atoms with Crippen molar-refractivity contribution in [2.45, 2.75) is 52.6 Å². The first kappa shape index (κ1) is 21.0. The minimum atomic E-state index is -0.554. The topological polar surface area (TPSA) is 79.0 Å². The van der Waals surface area contributed by atoms with Crippen LogP contribution in [0.3, 0.4) is 0 Å². The number of nitrogens with zero attached hydrogens (tertiary/aromatic N) is 2. The molecule has 0 aliphatic carbocycles. The van der Waals surface area contributed by atoms with Crippen molar-refractivity contribution in [1.82, 2.24) is 15.1 Å². The molecule has 0 saturated carbocycles. The van der Waals surface area contributed by atoms with Gasteiger partial charge in [-0.15, -0.1) is 0 Å². The van der Waals surface area contributed by atoms with Gasteiger partial charge in [0.15, 0.2) is 0 Å². The molecule has 0 bridgehead atoms. The van der Waals surface area contributed by atoms with Gasteiger partial charge in [0.2, 0.25) is 11.8 Å². The van der Waals surface area contributed by atoms with Gasteiger partial charge in [-0.1, -0.05) is 13.0 Å². The smallest absolute Gasteiger partial charge is 0.407 e. The fraction of sp³-hybridized carbons (Fsp3) is 0.722. The highest BCUT2D eigenvalue weighted by Gasteiger charge is 2.21. The van der Waals surface area contributed by atoms with Gasteiger partial charge in [0.25, 0.3) is 0 Å². The summed E-state index contributed by atoms with van der Waals surface area (Å²) in [5.41, 5.74) is -0.554. The van der Waals surface area contributed by atoms with E-state index in [0.29, 0.717) is 26.2 Å². The Bertz CT molecular complexity index is 497. The summed E-state index contributed by atoms with van der Waals surface area (Å²) in [7, 11) is 0. The Labute approximate surface area is 150 Å². The maximum absolute atomic E-state index is 12.3. The van der Waals surface area contributed by atoms with Crippen LogP contribution >= 0.6 is 0 Å². The molecule has 0 aromatic carbocycles. The van der Waals surface area contributed by atoms with E-state index in [4.69, 9.17) is 4.74 Å². The number of ether oxygens (including phenoxy) is 1. The van der Waals surface area contributed by atoms with Crippen LogP contribution in [0.15, 0.2) is 12.2 Å². The van der Waals surface area contributed by atoms with Crippen LogP contribution in [0.1, 0.15) is 47.0 Å². The third kappa shape index (κ3) is 8.56. The first-order valence-electron chi connectivity index (χ1n) is 8.93. The number of carbonyl (C=O) groups is 3. The van der Waals surface area contributed by atoms with E-state index in [1.165, 1.54) is 0 Å². The molecule has 0 unspecified atom stereocenters. The van der Waals surface area contributed by atoms with Crippen molar-refractivity contribution in [2.75, 3.05) is 32.7 Å². The van der Waals surface area contributed by atoms with Crippen LogP contribution in [0.25, 0.3) is 0 Å². The SMILES string of the molecule is CC/C=C/C(=O)N1CCCN(C(=O)CCNC(=O)OC(C)(C)C)CC1. The monoisotopic (exact) mass is 353 g/mol. The van der Waals surface area contributed by atoms with Crippen LogP contribution < -0.4 is 5.32 Å². The summed E-state index contributed by atoms with van der Waals surface area (Å²) in [6, 6.07) is 0. The van der Waals surface area contributed by atoms with E-state index in [1.54, 1.807) is 36.6 Å². The van der Waals surface area contributed by atoms with Crippen LogP contribution in [0.2, 0.25) is 0 Å². The van der Waals surface area contributed by atoms with Crippen molar-refractivity contribution in [2.24, 2.45) is 0 Å². The van der Waals surface area contributed by atoms with E-state index in [-0.39, 0.29) is 24.8 Å². The van der Waals surface area contributed by atoms with Crippen molar-refractivity contribution in [3.8, 4) is 0 Å². The summed E-state index contributed by atoms with van der Waals surface area (Å²) in [5, 5.41) is 2.59. The van der Waals surface area contributed by atoms with Crippen molar-refractivity contribution >= 4 is 17.9 Å². The summed E-state index contributed by atoms with van der Waals surface area (Å²) < 4.78 is 5.13. The Hall–Kier alpha value is -2.05. The minimum Gasteiger partial charge on any atom is -0.444 e. The Kier molecular flexibility index (Phi) is 8.45. The van der Waals surface area contributed by atoms with E-state index in [2.05, 4.69) is 5.32 Å². The number of rotatable bonds is 5. The fourth-order valence-electron chi connectivity index (χ4n) is 2.46. The molecule has 25 heavy (non-hydrogen) atoms. The number of allylic oxidation sites excluding steroid dienone is 1. The molecular weight excluding hydrogens is 322 g/mol. The Morgan fingerprint density at radius 1 is 1.08 bits per heavy atom. The standard InChI is InChI=1S/C18H31N3O4/c1-5-6-8-15(22)20-11-7-12-21(14-13-20)16(23)9-10-19-17(24)25-18(2,3)4/h6,8H,5,7,9-14H2,1-4H3,(H,19,24)/b8-6+. The van der Waals surface area contributed by atoms with Crippen LogP contribution in [0.4, 0.5) is 4.79 Å². The normalized spacial score (nSPS) is 15.8. The maximum Gasteiger partial charge on any atom is 0.407 e. The molecule has 0 spiro atoms. The molecule has 1 aliphatic heterocycles. The molecule has 0 atom stereocenters. The zero-order valence-corrected chi connectivity index (χ0v) is 15.8. The Balaban J connectivity index is 2.36. The van der Waals surface area contributed by atoms with E-state index >= 15 is 0 Å². The predicted octanol–water partition coefficient (Wildman–Crippen LogP) is 1.93. The first-order chi connectivity index (χ1) is 11.7. The van der Waals surface area contributed by atoms with Crippen molar-refractivity contribution < 1.29 is 19.1 Å². The number of amides is 3. The summed E-state index contributed by atoms with van der Waals surface area (Å²) in [4.78, 5) is 39.4. The second-order valence-corrected chi connectivity index (χ2v) is 7.05. The number of alkyl carbamates (subject to hydrolysis) is 1. The summed E-state index contributed by atoms with van der Waals surface area (Å²) in [6.45, 7) is 9.95. The molecule has 0 radical (unpaired) electrons. The molecule has 1 N–H and O–H groups in total. The molecule has 1 rings (SSSR count). The molecule has 7 heteroatoms. The second kappa shape index (κ2) is 10.1. The van der Waals surface area contributed by atoms with Crippen molar-refractivity contribution in [1.29, 1.82) is 0 Å². The molecule has 0 aromatic rings. The lowest BCUT2D eigenvalue weighted by molar-refractivity contribution is -0.131. The largest absolute Gasteiger partial charge is 0.444 e. The number of hydrogen-bond acceptors (Lipinski definition) is 4. The van der Waals surface area contributed by atoms with Gasteiger partial charge in [-0.25, -0.2) is 4.79 Å². The molecule has 1 heterocycles. The summed E-state index contributed by atoms with van der Waals surface area (Å²) >= 11 is 0. The molecule has 1 aliphatic rings. The molecular formula is C18H31N3O4. The zero-order chi connectivity index (χ0) is 18.9. The van der Waals surface area contributed by atoms with Gasteiger partial charge < -0.3 is 19.9 Å². The predicted molar refractivity (Wildman–Crippen MR) is 96.1 cm³/mol. The molecule has 0 aromatic heterocycles. The molecule has 1 fully saturated rings. The van der Waals surface area contributed by atoms with Crippen molar-refractivity contribution in [3.05, 3.63) is 12.2 Å². The maximum atomic E-state index is 12.3. The van der Waals surface area contributed by atoms with Crippen LogP contribution in [-0.2, 0) is 14.3 Å². The number of hydrogen-bond donors (Lipinski definition) is 1. The third-order valence-electron chi connectivity index (χ3n) is 3.66. The van der Waals surface area contributed by atoms with E-state index in [1.807, 2.05) is 13.0 Å². The van der Waals surface area contributed by atoms with Gasteiger partial charge in [0, 0.05) is 39.1 Å². The Morgan fingerprint density at radius 3 is 2.36 bits per heavy atom. The van der Waals surface area contributed by atoms with Crippen molar-refractivity contribution in [3.63, 3.8) is 0 Å². The summed E-state index contributed by atoms with van der Waals surface area (Å²) in [6.07, 6.45) is 4.74. The van der Waals surface area contributed by atoms with Gasteiger partial charge >= 0.3 is 6.09 Å². The van der Waals surface area contributed by atoms with Gasteiger partial charge in [0.05, 0.1) is 0 Å². The number of carbonyl (C=O) groups excluding carboxylic acids is 3. The quantitative estimate of drug-likeness (QED) is 0.766. The van der Waals surface area contributed by atoms with Gasteiger partial charge in [-0.3, -0.25) is 9.59 Å². The first-order valence-corrected chi connectivity index (χ1v) is 8.93. The highest BCUT2D eigenvalue weighted by atomic mass is 16.6. The molecule has 7 nitrogen and oxygen atoms in total. The van der Waals surface area contributed by atoms with E-state index in [9.17, 15) is 14.4 Å². The van der Waals surface area contributed by atoms with Gasteiger partial charge in [0.1, 0.15) is 5.60 Å². The average molecular weight is 353 g/mol. The highest BCUT2D eigenvalue weighted by Crippen LogP contribution is 2.07. The molecule has 1 saturated heterocycles. The van der Waals surface area contributed by atoms with Crippen LogP contribution in [-0.4, -0.2) is 66.0 Å². The lowest BCUT2D eigenvalue weighted by atomic mass is 10.2. The lowest BCUT2D eigenvalue weighted by Crippen LogP contribution is -2.39. The number of nitrogens with one attached hydrogen (secondary N) is 1. The Morgan fingerprint density at radius 2 is 1.72 bits per heavy atom.